The number of nitrogens with zero attached hydrogens (tertiary/aromatic N) is 2. The summed E-state index contributed by atoms with van der Waals surface area (Å²) in [7, 11) is 0. The number of rotatable bonds is 5. The third-order valence-electron chi connectivity index (χ3n) is 7.35. The first-order chi connectivity index (χ1) is 16.2. The molecule has 0 spiro atoms. The van der Waals surface area contributed by atoms with Crippen molar-refractivity contribution in [1.29, 1.82) is 5.41 Å². The number of hydrogen-bond donors (Lipinski definition) is 5. The van der Waals surface area contributed by atoms with E-state index in [4.69, 9.17) is 11.1 Å². The molecule has 1 unspecified atom stereocenters. The molecule has 5 atom stereocenters. The van der Waals surface area contributed by atoms with Crippen molar-refractivity contribution in [3.63, 3.8) is 0 Å². The van der Waals surface area contributed by atoms with Crippen molar-refractivity contribution < 1.29 is 19.5 Å². The van der Waals surface area contributed by atoms with Crippen molar-refractivity contribution in [1.82, 2.24) is 20.4 Å². The molecular formula is C24H35ClN6O4. The summed E-state index contributed by atoms with van der Waals surface area (Å²) in [5.74, 6) is -1.06. The molecule has 0 bridgehead atoms. The van der Waals surface area contributed by atoms with E-state index in [1.54, 1.807) is 4.90 Å². The molecule has 1 aromatic carbocycles. The van der Waals surface area contributed by atoms with Crippen LogP contribution in [0, 0.1) is 5.41 Å². The van der Waals surface area contributed by atoms with Crippen LogP contribution in [0.4, 0.5) is 0 Å². The number of nitrogens with two attached hydrogens (primary N) is 1. The summed E-state index contributed by atoms with van der Waals surface area (Å²) in [6, 6.07) is 8.28. The molecule has 0 saturated carbocycles. The lowest BCUT2D eigenvalue weighted by Gasteiger charge is -2.46. The zero-order chi connectivity index (χ0) is 24.5. The Morgan fingerprint density at radius 3 is 2.57 bits per heavy atom. The summed E-state index contributed by atoms with van der Waals surface area (Å²) in [6.45, 7) is 1.86. The highest BCUT2D eigenvalue weighted by atomic mass is 35.5. The summed E-state index contributed by atoms with van der Waals surface area (Å²) in [5, 5.41) is 24.1. The molecule has 0 radical (unpaired) electrons. The van der Waals surface area contributed by atoms with E-state index in [2.05, 4.69) is 10.6 Å². The van der Waals surface area contributed by atoms with Crippen molar-refractivity contribution in [2.24, 2.45) is 5.73 Å². The molecule has 3 saturated heterocycles. The van der Waals surface area contributed by atoms with Gasteiger partial charge in [0, 0.05) is 25.9 Å². The van der Waals surface area contributed by atoms with Gasteiger partial charge < -0.3 is 31.3 Å². The Kier molecular flexibility index (Phi) is 8.27. The number of piperidine rings is 2. The third-order valence-corrected chi connectivity index (χ3v) is 7.35. The number of carbonyl (C=O) groups is 3. The first-order valence-electron chi connectivity index (χ1n) is 12.0. The van der Waals surface area contributed by atoms with E-state index in [-0.39, 0.29) is 42.1 Å². The van der Waals surface area contributed by atoms with E-state index in [0.29, 0.717) is 45.1 Å². The molecule has 4 rings (SSSR count). The van der Waals surface area contributed by atoms with Gasteiger partial charge in [0.15, 0.2) is 5.96 Å². The second-order valence-electron chi connectivity index (χ2n) is 9.67. The lowest BCUT2D eigenvalue weighted by atomic mass is 9.80. The monoisotopic (exact) mass is 506 g/mol. The maximum absolute atomic E-state index is 13.9. The Hall–Kier alpha value is -2.85. The fourth-order valence-corrected chi connectivity index (χ4v) is 5.77. The molecule has 11 heteroatoms. The molecule has 192 valence electrons. The van der Waals surface area contributed by atoms with Crippen molar-refractivity contribution in [3.05, 3.63) is 35.9 Å². The number of hydrogen-bond acceptors (Lipinski definition) is 5. The van der Waals surface area contributed by atoms with Crippen LogP contribution in [0.1, 0.15) is 51.0 Å². The van der Waals surface area contributed by atoms with Crippen LogP contribution in [-0.2, 0) is 20.8 Å². The normalized spacial score (nSPS) is 30.2. The highest BCUT2D eigenvalue weighted by molar-refractivity contribution is 5.96. The molecular weight excluding hydrogens is 472 g/mol. The number of fused-ring (bicyclic) bond motifs is 1. The molecule has 3 amide bonds. The summed E-state index contributed by atoms with van der Waals surface area (Å²) < 4.78 is 0. The maximum atomic E-state index is 13.9. The van der Waals surface area contributed by atoms with E-state index in [9.17, 15) is 19.5 Å². The Morgan fingerprint density at radius 2 is 1.91 bits per heavy atom. The molecule has 3 heterocycles. The van der Waals surface area contributed by atoms with Gasteiger partial charge in [0.1, 0.15) is 17.8 Å². The van der Waals surface area contributed by atoms with Crippen LogP contribution < -0.4 is 16.4 Å². The van der Waals surface area contributed by atoms with Crippen molar-refractivity contribution in [2.45, 2.75) is 81.8 Å². The second kappa shape index (κ2) is 10.8. The third kappa shape index (κ3) is 5.38. The zero-order valence-electron chi connectivity index (χ0n) is 19.9. The van der Waals surface area contributed by atoms with Crippen LogP contribution in [0.3, 0.4) is 0 Å². The molecule has 35 heavy (non-hydrogen) atoms. The van der Waals surface area contributed by atoms with Gasteiger partial charge in [0.2, 0.25) is 17.7 Å². The smallest absolute Gasteiger partial charge is 0.249 e. The number of aliphatic hydroxyl groups excluding tert-OH is 1. The van der Waals surface area contributed by atoms with Crippen molar-refractivity contribution in [2.75, 3.05) is 6.54 Å². The highest BCUT2D eigenvalue weighted by Crippen LogP contribution is 2.38. The molecule has 1 aromatic rings. The fraction of sp³-hybridized carbons (Fsp3) is 0.583. The number of benzene rings is 1. The summed E-state index contributed by atoms with van der Waals surface area (Å²) >= 11 is 0. The number of aliphatic hydroxyl groups is 1. The summed E-state index contributed by atoms with van der Waals surface area (Å²) in [4.78, 5) is 42.4. The molecule has 3 aliphatic rings. The van der Waals surface area contributed by atoms with Crippen LogP contribution in [0.5, 0.6) is 0 Å². The SMILES string of the molecule is CC(=O)N[C@@]1(Cc2ccccc2)CC[C@H]2CC[C@@H](C(=O)N[C@H]3CCCN(C(=N)N)C3O)N2C1=O.Cl. The largest absolute Gasteiger partial charge is 0.371 e. The number of amides is 3. The minimum absolute atomic E-state index is 0. The predicted octanol–water partition coefficient (Wildman–Crippen LogP) is 0.472. The lowest BCUT2D eigenvalue weighted by Crippen LogP contribution is -2.67. The first-order valence-corrected chi connectivity index (χ1v) is 12.0. The van der Waals surface area contributed by atoms with Gasteiger partial charge >= 0.3 is 0 Å². The molecule has 3 aliphatic heterocycles. The van der Waals surface area contributed by atoms with E-state index in [1.807, 2.05) is 30.3 Å². The number of nitrogens with one attached hydrogen (secondary N) is 3. The highest BCUT2D eigenvalue weighted by Gasteiger charge is 2.53. The van der Waals surface area contributed by atoms with Gasteiger partial charge in [0.05, 0.1) is 6.04 Å². The number of halogens is 1. The van der Waals surface area contributed by atoms with Gasteiger partial charge in [-0.15, -0.1) is 12.4 Å². The molecule has 0 aliphatic carbocycles. The van der Waals surface area contributed by atoms with Crippen LogP contribution in [-0.4, -0.2) is 75.0 Å². The van der Waals surface area contributed by atoms with Gasteiger partial charge in [-0.2, -0.15) is 0 Å². The van der Waals surface area contributed by atoms with Gasteiger partial charge in [-0.1, -0.05) is 30.3 Å². The van der Waals surface area contributed by atoms with Crippen LogP contribution in [0.2, 0.25) is 0 Å². The average Bonchev–Trinajstić information content (AvgIpc) is 3.23. The van der Waals surface area contributed by atoms with Gasteiger partial charge in [-0.25, -0.2) is 0 Å². The predicted molar refractivity (Wildman–Crippen MR) is 133 cm³/mol. The van der Waals surface area contributed by atoms with E-state index in [0.717, 1.165) is 12.0 Å². The standard InChI is InChI=1S/C24H34N6O4.ClH/c1-15(31)28-24(14-16-6-3-2-4-7-16)12-11-17-9-10-19(30(17)22(24)34)20(32)27-18-8-5-13-29(21(18)33)23(25)26;/h2-4,6-7,17-19,21,33H,5,8-14H2,1H3,(H3,25,26)(H,27,32)(H,28,31);1H/t17-,18+,19+,21?,24-;/m1./s1. The average molecular weight is 507 g/mol. The maximum Gasteiger partial charge on any atom is 0.249 e. The minimum Gasteiger partial charge on any atom is -0.371 e. The number of guanidine groups is 1. The zero-order valence-corrected chi connectivity index (χ0v) is 20.7. The fourth-order valence-electron chi connectivity index (χ4n) is 5.77. The summed E-state index contributed by atoms with van der Waals surface area (Å²) in [5.41, 5.74) is 5.41. The van der Waals surface area contributed by atoms with Crippen LogP contribution in [0.15, 0.2) is 30.3 Å². The molecule has 6 N–H and O–H groups in total. The van der Waals surface area contributed by atoms with Gasteiger partial charge in [0.25, 0.3) is 0 Å². The van der Waals surface area contributed by atoms with E-state index in [1.165, 1.54) is 11.8 Å². The lowest BCUT2D eigenvalue weighted by molar-refractivity contribution is -0.152. The Balaban J connectivity index is 0.00000342. The number of likely N-dealkylation sites (tertiary alicyclic amines) is 1. The Morgan fingerprint density at radius 1 is 1.20 bits per heavy atom. The number of carbonyl (C=O) groups excluding carboxylic acids is 3. The quantitative estimate of drug-likeness (QED) is 0.289. The Bertz CT molecular complexity index is 963. The van der Waals surface area contributed by atoms with Crippen molar-refractivity contribution >= 4 is 36.1 Å². The Labute approximate surface area is 211 Å². The molecule has 3 fully saturated rings. The van der Waals surface area contributed by atoms with E-state index >= 15 is 0 Å². The summed E-state index contributed by atoms with van der Waals surface area (Å²) in [6.07, 6.45) is 2.99. The van der Waals surface area contributed by atoms with Gasteiger partial charge in [-0.3, -0.25) is 19.8 Å². The van der Waals surface area contributed by atoms with Crippen molar-refractivity contribution in [3.8, 4) is 0 Å². The first kappa shape index (κ1) is 26.7. The topological polar surface area (TPSA) is 152 Å². The van der Waals surface area contributed by atoms with E-state index < -0.39 is 23.9 Å². The van der Waals surface area contributed by atoms with Crippen LogP contribution >= 0.6 is 12.4 Å². The van der Waals surface area contributed by atoms with Gasteiger partial charge in [-0.05, 0) is 44.1 Å². The second-order valence-corrected chi connectivity index (χ2v) is 9.67. The minimum atomic E-state index is -1.09. The molecule has 0 aromatic heterocycles. The van der Waals surface area contributed by atoms with Crippen LogP contribution in [0.25, 0.3) is 0 Å². The molecule has 10 nitrogen and oxygen atoms in total.